The van der Waals surface area contributed by atoms with Crippen LogP contribution in [0.3, 0.4) is 0 Å². The minimum absolute atomic E-state index is 0.0819. The Morgan fingerprint density at radius 2 is 1.93 bits per heavy atom. The maximum Gasteiger partial charge on any atom is 0.322 e. The van der Waals surface area contributed by atoms with E-state index in [0.717, 1.165) is 31.4 Å². The van der Waals surface area contributed by atoms with Gasteiger partial charge in [-0.25, -0.2) is 4.79 Å². The molecule has 0 unspecified atom stereocenters. The number of hydrogen-bond donors (Lipinski definition) is 1. The minimum Gasteiger partial charge on any atom is -0.493 e. The summed E-state index contributed by atoms with van der Waals surface area (Å²) in [7, 11) is 5.20. The van der Waals surface area contributed by atoms with Gasteiger partial charge in [0.25, 0.3) is 0 Å². The zero-order valence-electron chi connectivity index (χ0n) is 17.5. The predicted molar refractivity (Wildman–Crippen MR) is 112 cm³/mol. The van der Waals surface area contributed by atoms with Crippen LogP contribution >= 0.6 is 0 Å². The van der Waals surface area contributed by atoms with E-state index in [1.165, 1.54) is 30.5 Å². The molecule has 1 N–H and O–H groups in total. The van der Waals surface area contributed by atoms with Crippen LogP contribution in [0.15, 0.2) is 18.2 Å². The normalized spacial score (nSPS) is 16.0. The summed E-state index contributed by atoms with van der Waals surface area (Å²) in [6.45, 7) is 0.562. The van der Waals surface area contributed by atoms with Gasteiger partial charge in [-0.3, -0.25) is 4.68 Å². The molecule has 2 aliphatic rings. The van der Waals surface area contributed by atoms with Crippen molar-refractivity contribution in [2.24, 2.45) is 7.05 Å². The molecule has 2 aliphatic carbocycles. The van der Waals surface area contributed by atoms with Gasteiger partial charge in [-0.05, 0) is 49.8 Å². The summed E-state index contributed by atoms with van der Waals surface area (Å²) in [5.74, 6) is 1.24. The monoisotopic (exact) mass is 398 g/mol. The number of urea groups is 1. The van der Waals surface area contributed by atoms with E-state index in [2.05, 4.69) is 5.32 Å². The molecule has 1 saturated carbocycles. The molecule has 2 aromatic rings. The van der Waals surface area contributed by atoms with Crippen LogP contribution in [0.2, 0.25) is 0 Å². The Morgan fingerprint density at radius 1 is 1.17 bits per heavy atom. The van der Waals surface area contributed by atoms with Gasteiger partial charge < -0.3 is 19.7 Å². The van der Waals surface area contributed by atoms with Crippen LogP contribution in [-0.2, 0) is 26.4 Å². The van der Waals surface area contributed by atoms with E-state index in [-0.39, 0.29) is 12.1 Å². The fourth-order valence-electron chi connectivity index (χ4n) is 4.68. The van der Waals surface area contributed by atoms with E-state index >= 15 is 0 Å². The lowest BCUT2D eigenvalue weighted by Crippen LogP contribution is -2.41. The lowest BCUT2D eigenvalue weighted by Gasteiger charge is -2.29. The molecular formula is C22H30N4O3. The topological polar surface area (TPSA) is 68.6 Å². The smallest absolute Gasteiger partial charge is 0.322 e. The number of amides is 2. The van der Waals surface area contributed by atoms with E-state index in [0.29, 0.717) is 23.7 Å². The van der Waals surface area contributed by atoms with Gasteiger partial charge in [0.1, 0.15) is 0 Å². The molecule has 1 aromatic heterocycles. The van der Waals surface area contributed by atoms with Gasteiger partial charge in [-0.1, -0.05) is 12.8 Å². The molecule has 1 aromatic carbocycles. The molecule has 0 radical (unpaired) electrons. The van der Waals surface area contributed by atoms with E-state index in [1.54, 1.807) is 26.4 Å². The highest BCUT2D eigenvalue weighted by molar-refractivity contribution is 5.90. The fraction of sp³-hybridized carbons (Fsp3) is 0.545. The summed E-state index contributed by atoms with van der Waals surface area (Å²) < 4.78 is 12.7. The van der Waals surface area contributed by atoms with Crippen molar-refractivity contribution < 1.29 is 14.3 Å². The Labute approximate surface area is 172 Å². The highest BCUT2D eigenvalue weighted by Crippen LogP contribution is 2.32. The number of fused-ring (bicyclic) bond motifs is 1. The van der Waals surface area contributed by atoms with E-state index in [4.69, 9.17) is 14.6 Å². The van der Waals surface area contributed by atoms with Crippen molar-refractivity contribution in [2.45, 2.75) is 57.5 Å². The molecule has 156 valence electrons. The zero-order valence-corrected chi connectivity index (χ0v) is 17.5. The number of aromatic nitrogens is 2. The Morgan fingerprint density at radius 3 is 2.66 bits per heavy atom. The first-order valence-corrected chi connectivity index (χ1v) is 10.4. The fourth-order valence-corrected chi connectivity index (χ4v) is 4.68. The van der Waals surface area contributed by atoms with Crippen LogP contribution in [0, 0.1) is 0 Å². The Bertz CT molecular complexity index is 886. The number of anilines is 1. The first-order valence-electron chi connectivity index (χ1n) is 10.4. The van der Waals surface area contributed by atoms with Crippen molar-refractivity contribution >= 4 is 11.7 Å². The van der Waals surface area contributed by atoms with E-state index < -0.39 is 0 Å². The third-order valence-electron chi connectivity index (χ3n) is 6.18. The van der Waals surface area contributed by atoms with Crippen molar-refractivity contribution in [3.05, 3.63) is 35.2 Å². The van der Waals surface area contributed by atoms with Crippen LogP contribution in [0.5, 0.6) is 11.5 Å². The summed E-state index contributed by atoms with van der Waals surface area (Å²) in [5.41, 5.74) is 4.41. The third kappa shape index (κ3) is 3.91. The standard InChI is InChI=1S/C22H30N4O3/c1-25-19-10-6-9-17(19)18(24-25)14-26(16-7-4-5-8-16)22(27)23-15-11-12-20(28-2)21(13-15)29-3/h11-13,16H,4-10,14H2,1-3H3,(H,23,27). The van der Waals surface area contributed by atoms with Gasteiger partial charge in [-0.15, -0.1) is 0 Å². The Kier molecular flexibility index (Phi) is 5.65. The maximum atomic E-state index is 13.3. The summed E-state index contributed by atoms with van der Waals surface area (Å²) in [6.07, 6.45) is 7.77. The molecule has 1 heterocycles. The number of carbonyl (C=O) groups is 1. The summed E-state index contributed by atoms with van der Waals surface area (Å²) >= 11 is 0. The first-order chi connectivity index (χ1) is 14.1. The molecule has 4 rings (SSSR count). The number of ether oxygens (including phenoxy) is 2. The van der Waals surface area contributed by atoms with Gasteiger partial charge in [0, 0.05) is 30.5 Å². The minimum atomic E-state index is -0.0819. The van der Waals surface area contributed by atoms with Crippen LogP contribution in [0.1, 0.15) is 49.1 Å². The average Bonchev–Trinajstić information content (AvgIpc) is 3.46. The molecular weight excluding hydrogens is 368 g/mol. The highest BCUT2D eigenvalue weighted by Gasteiger charge is 2.30. The molecule has 2 amide bonds. The van der Waals surface area contributed by atoms with Gasteiger partial charge in [0.2, 0.25) is 0 Å². The average molecular weight is 399 g/mol. The number of nitrogens with zero attached hydrogens (tertiary/aromatic N) is 3. The van der Waals surface area contributed by atoms with Crippen molar-refractivity contribution in [3.8, 4) is 11.5 Å². The zero-order chi connectivity index (χ0) is 20.4. The number of nitrogens with one attached hydrogen (secondary N) is 1. The second-order valence-corrected chi connectivity index (χ2v) is 7.92. The molecule has 0 saturated heterocycles. The number of hydrogen-bond acceptors (Lipinski definition) is 4. The van der Waals surface area contributed by atoms with Crippen molar-refractivity contribution in [1.82, 2.24) is 14.7 Å². The Balaban J connectivity index is 1.55. The molecule has 0 spiro atoms. The lowest BCUT2D eigenvalue weighted by atomic mass is 10.1. The SMILES string of the molecule is COc1ccc(NC(=O)N(Cc2nn(C)c3c2CCC3)C2CCCC2)cc1OC. The molecule has 29 heavy (non-hydrogen) atoms. The third-order valence-corrected chi connectivity index (χ3v) is 6.18. The van der Waals surface area contributed by atoms with Crippen LogP contribution in [0.4, 0.5) is 10.5 Å². The van der Waals surface area contributed by atoms with Crippen LogP contribution in [0.25, 0.3) is 0 Å². The second-order valence-electron chi connectivity index (χ2n) is 7.92. The van der Waals surface area contributed by atoms with E-state index in [1.807, 2.05) is 22.7 Å². The predicted octanol–water partition coefficient (Wildman–Crippen LogP) is 3.90. The molecule has 1 fully saturated rings. The number of carbonyl (C=O) groups excluding carboxylic acids is 1. The van der Waals surface area contributed by atoms with Gasteiger partial charge in [0.15, 0.2) is 11.5 Å². The number of benzene rings is 1. The molecule has 7 nitrogen and oxygen atoms in total. The van der Waals surface area contributed by atoms with Gasteiger partial charge in [0.05, 0.1) is 26.5 Å². The quantitative estimate of drug-likeness (QED) is 0.801. The van der Waals surface area contributed by atoms with Crippen molar-refractivity contribution in [3.63, 3.8) is 0 Å². The summed E-state index contributed by atoms with van der Waals surface area (Å²) in [5, 5.41) is 7.80. The maximum absolute atomic E-state index is 13.3. The number of rotatable bonds is 6. The van der Waals surface area contributed by atoms with Gasteiger partial charge in [-0.2, -0.15) is 5.10 Å². The largest absolute Gasteiger partial charge is 0.493 e. The molecule has 0 atom stereocenters. The molecule has 7 heteroatoms. The van der Waals surface area contributed by atoms with E-state index in [9.17, 15) is 4.79 Å². The molecule has 0 aliphatic heterocycles. The van der Waals surface area contributed by atoms with Gasteiger partial charge >= 0.3 is 6.03 Å². The summed E-state index contributed by atoms with van der Waals surface area (Å²) in [4.78, 5) is 15.3. The number of aryl methyl sites for hydroxylation is 1. The van der Waals surface area contributed by atoms with Crippen LogP contribution < -0.4 is 14.8 Å². The number of methoxy groups -OCH3 is 2. The summed E-state index contributed by atoms with van der Waals surface area (Å²) in [6, 6.07) is 5.61. The Hall–Kier alpha value is -2.70. The highest BCUT2D eigenvalue weighted by atomic mass is 16.5. The second kappa shape index (κ2) is 8.35. The molecule has 0 bridgehead atoms. The lowest BCUT2D eigenvalue weighted by molar-refractivity contribution is 0.183. The van der Waals surface area contributed by atoms with Crippen molar-refractivity contribution in [1.29, 1.82) is 0 Å². The first kappa shape index (κ1) is 19.6. The van der Waals surface area contributed by atoms with Crippen molar-refractivity contribution in [2.75, 3.05) is 19.5 Å². The van der Waals surface area contributed by atoms with Crippen LogP contribution in [-0.4, -0.2) is 41.0 Å².